The number of amides is 3. The molecule has 0 atom stereocenters. The van der Waals surface area contributed by atoms with Crippen molar-refractivity contribution in [2.24, 2.45) is 0 Å². The fraction of sp³-hybridized carbons (Fsp3) is 0.562. The third-order valence-corrected chi connectivity index (χ3v) is 3.12. The maximum absolute atomic E-state index is 11.5. The Morgan fingerprint density at radius 3 is 2.68 bits per heavy atom. The van der Waals surface area contributed by atoms with Gasteiger partial charge in [0.05, 0.1) is 0 Å². The van der Waals surface area contributed by atoms with Crippen LogP contribution in [0.2, 0.25) is 0 Å². The summed E-state index contributed by atoms with van der Waals surface area (Å²) in [4.78, 5) is 34.1. The largest absolute Gasteiger partial charge is 0.452 e. The van der Waals surface area contributed by atoms with E-state index in [9.17, 15) is 14.4 Å². The monoisotopic (exact) mass is 308 g/mol. The van der Waals surface area contributed by atoms with Gasteiger partial charge in [0.25, 0.3) is 5.91 Å². The van der Waals surface area contributed by atoms with Crippen LogP contribution in [0, 0.1) is 0 Å². The van der Waals surface area contributed by atoms with E-state index < -0.39 is 24.5 Å². The van der Waals surface area contributed by atoms with Crippen molar-refractivity contribution in [3.63, 3.8) is 0 Å². The molecule has 0 heterocycles. The molecule has 6 heteroatoms. The minimum absolute atomic E-state index is 0.471. The van der Waals surface area contributed by atoms with E-state index in [1.807, 2.05) is 0 Å². The summed E-state index contributed by atoms with van der Waals surface area (Å²) in [6.07, 6.45) is 8.93. The quantitative estimate of drug-likeness (QED) is 0.447. The summed E-state index contributed by atoms with van der Waals surface area (Å²) in [7, 11) is 0. The third-order valence-electron chi connectivity index (χ3n) is 3.12. The van der Waals surface area contributed by atoms with Crippen molar-refractivity contribution < 1.29 is 19.1 Å². The number of hydrogen-bond acceptors (Lipinski definition) is 4. The average molecular weight is 308 g/mol. The number of imide groups is 1. The number of allylic oxidation sites excluding steroid dienone is 2. The summed E-state index contributed by atoms with van der Waals surface area (Å²) < 4.78 is 4.70. The first-order valence-corrected chi connectivity index (χ1v) is 7.54. The molecule has 0 spiro atoms. The minimum Gasteiger partial charge on any atom is -0.452 e. The summed E-state index contributed by atoms with van der Waals surface area (Å²) in [5, 5.41) is 4.74. The van der Waals surface area contributed by atoms with Crippen LogP contribution in [0.1, 0.15) is 46.0 Å². The fourth-order valence-corrected chi connectivity index (χ4v) is 2.09. The Bertz CT molecular complexity index is 477. The Hall–Kier alpha value is -2.11. The zero-order valence-corrected chi connectivity index (χ0v) is 13.2. The van der Waals surface area contributed by atoms with Gasteiger partial charge in [0, 0.05) is 12.6 Å². The van der Waals surface area contributed by atoms with Crippen molar-refractivity contribution in [3.05, 3.63) is 23.3 Å². The molecule has 0 radical (unpaired) electrons. The molecule has 122 valence electrons. The summed E-state index contributed by atoms with van der Waals surface area (Å²) in [6, 6.07) is -0.570. The van der Waals surface area contributed by atoms with Crippen molar-refractivity contribution in [1.82, 2.24) is 10.6 Å². The van der Waals surface area contributed by atoms with Gasteiger partial charge in [-0.25, -0.2) is 9.59 Å². The van der Waals surface area contributed by atoms with Gasteiger partial charge in [0.2, 0.25) is 0 Å². The van der Waals surface area contributed by atoms with Crippen LogP contribution in [0.25, 0.3) is 0 Å². The molecule has 0 bridgehead atoms. The summed E-state index contributed by atoms with van der Waals surface area (Å²) >= 11 is 0. The number of carbonyl (C=O) groups excluding carboxylic acids is 3. The second kappa shape index (κ2) is 9.76. The molecule has 1 aliphatic rings. The summed E-state index contributed by atoms with van der Waals surface area (Å²) in [6.45, 7) is 3.51. The number of esters is 1. The lowest BCUT2D eigenvalue weighted by Gasteiger charge is -2.13. The summed E-state index contributed by atoms with van der Waals surface area (Å²) in [5.41, 5.74) is 2.13. The molecule has 0 fully saturated rings. The first kappa shape index (κ1) is 17.9. The van der Waals surface area contributed by atoms with Gasteiger partial charge in [-0.3, -0.25) is 10.1 Å². The van der Waals surface area contributed by atoms with Crippen LogP contribution in [0.5, 0.6) is 0 Å². The molecular formula is C16H24N2O4. The molecule has 0 aromatic rings. The number of rotatable bonds is 6. The van der Waals surface area contributed by atoms with Gasteiger partial charge in [0.15, 0.2) is 6.61 Å². The van der Waals surface area contributed by atoms with Crippen LogP contribution in [-0.4, -0.2) is 31.1 Å². The normalized spacial score (nSPS) is 13.6. The van der Waals surface area contributed by atoms with Crippen LogP contribution >= 0.6 is 0 Å². The van der Waals surface area contributed by atoms with E-state index in [4.69, 9.17) is 4.74 Å². The number of carbonyl (C=O) groups is 3. The van der Waals surface area contributed by atoms with E-state index >= 15 is 0 Å². The van der Waals surface area contributed by atoms with E-state index in [1.165, 1.54) is 24.5 Å². The maximum atomic E-state index is 11.5. The van der Waals surface area contributed by atoms with Crippen molar-refractivity contribution in [2.75, 3.05) is 13.2 Å². The van der Waals surface area contributed by atoms with Crippen molar-refractivity contribution in [2.45, 2.75) is 46.0 Å². The Morgan fingerprint density at radius 2 is 2.05 bits per heavy atom. The molecule has 0 aliphatic heterocycles. The maximum Gasteiger partial charge on any atom is 0.331 e. The molecule has 1 aliphatic carbocycles. The molecule has 0 saturated carbocycles. The molecular weight excluding hydrogens is 284 g/mol. The molecule has 1 rings (SSSR count). The number of ether oxygens (including phenoxy) is 1. The van der Waals surface area contributed by atoms with Gasteiger partial charge >= 0.3 is 12.0 Å². The van der Waals surface area contributed by atoms with E-state index in [0.29, 0.717) is 6.54 Å². The molecule has 22 heavy (non-hydrogen) atoms. The molecule has 0 aromatic heterocycles. The van der Waals surface area contributed by atoms with Crippen LogP contribution in [0.3, 0.4) is 0 Å². The van der Waals surface area contributed by atoms with Crippen molar-refractivity contribution >= 4 is 17.9 Å². The fourth-order valence-electron chi connectivity index (χ4n) is 2.09. The first-order valence-electron chi connectivity index (χ1n) is 7.54. The summed E-state index contributed by atoms with van der Waals surface area (Å²) in [5.74, 6) is -1.25. The Balaban J connectivity index is 2.15. The number of nitrogens with one attached hydrogen (secondary N) is 2. The van der Waals surface area contributed by atoms with Crippen LogP contribution in [-0.2, 0) is 14.3 Å². The molecule has 0 aromatic carbocycles. The van der Waals surface area contributed by atoms with Gasteiger partial charge in [-0.15, -0.1) is 0 Å². The van der Waals surface area contributed by atoms with Gasteiger partial charge in [-0.1, -0.05) is 17.2 Å². The Labute approximate surface area is 131 Å². The standard InChI is InChI=1S/C16H24N2O4/c1-12(2)10-15(20)22-11-14(19)18-16(21)17-9-8-13-6-4-3-5-7-13/h6,10H,3-5,7-9,11H2,1-2H3,(H2,17,18,19,21). The zero-order chi connectivity index (χ0) is 16.4. The average Bonchev–Trinajstić information content (AvgIpc) is 2.45. The van der Waals surface area contributed by atoms with E-state index in [2.05, 4.69) is 16.7 Å². The topological polar surface area (TPSA) is 84.5 Å². The van der Waals surface area contributed by atoms with Gasteiger partial charge in [-0.05, 0) is 46.0 Å². The highest BCUT2D eigenvalue weighted by molar-refractivity contribution is 5.96. The molecule has 6 nitrogen and oxygen atoms in total. The highest BCUT2D eigenvalue weighted by atomic mass is 16.5. The molecule has 3 amide bonds. The van der Waals surface area contributed by atoms with E-state index in [0.717, 1.165) is 24.8 Å². The van der Waals surface area contributed by atoms with Crippen LogP contribution < -0.4 is 10.6 Å². The Morgan fingerprint density at radius 1 is 1.27 bits per heavy atom. The SMILES string of the molecule is CC(C)=CC(=O)OCC(=O)NC(=O)NCCC1=CCCCC1. The van der Waals surface area contributed by atoms with Gasteiger partial charge in [-0.2, -0.15) is 0 Å². The zero-order valence-electron chi connectivity index (χ0n) is 13.2. The van der Waals surface area contributed by atoms with E-state index in [-0.39, 0.29) is 0 Å². The van der Waals surface area contributed by atoms with Crippen LogP contribution in [0.15, 0.2) is 23.3 Å². The van der Waals surface area contributed by atoms with Crippen LogP contribution in [0.4, 0.5) is 4.79 Å². The van der Waals surface area contributed by atoms with Gasteiger partial charge < -0.3 is 10.1 Å². The minimum atomic E-state index is -0.648. The molecule has 2 N–H and O–H groups in total. The molecule has 0 unspecified atom stereocenters. The number of hydrogen-bond donors (Lipinski definition) is 2. The van der Waals surface area contributed by atoms with E-state index in [1.54, 1.807) is 13.8 Å². The second-order valence-electron chi connectivity index (χ2n) is 5.49. The Kier molecular flexibility index (Phi) is 7.96. The third kappa shape index (κ3) is 8.24. The van der Waals surface area contributed by atoms with Crippen molar-refractivity contribution in [1.29, 1.82) is 0 Å². The van der Waals surface area contributed by atoms with Crippen molar-refractivity contribution in [3.8, 4) is 0 Å². The smallest absolute Gasteiger partial charge is 0.331 e. The lowest BCUT2D eigenvalue weighted by molar-refractivity contribution is -0.143. The highest BCUT2D eigenvalue weighted by Gasteiger charge is 2.10. The van der Waals surface area contributed by atoms with Gasteiger partial charge in [0.1, 0.15) is 0 Å². The predicted octanol–water partition coefficient (Wildman–Crippen LogP) is 2.21. The molecule has 0 saturated heterocycles. The second-order valence-corrected chi connectivity index (χ2v) is 5.49. The number of urea groups is 1. The highest BCUT2D eigenvalue weighted by Crippen LogP contribution is 2.19. The lowest BCUT2D eigenvalue weighted by Crippen LogP contribution is -2.41. The first-order chi connectivity index (χ1) is 10.5. The predicted molar refractivity (Wildman–Crippen MR) is 83.1 cm³/mol. The lowest BCUT2D eigenvalue weighted by atomic mass is 9.97.